The van der Waals surface area contributed by atoms with Gasteiger partial charge in [0.1, 0.15) is 11.1 Å². The van der Waals surface area contributed by atoms with Crippen molar-refractivity contribution in [3.63, 3.8) is 0 Å². The van der Waals surface area contributed by atoms with Crippen molar-refractivity contribution in [1.29, 1.82) is 5.26 Å². The summed E-state index contributed by atoms with van der Waals surface area (Å²) in [6, 6.07) is 5.30. The van der Waals surface area contributed by atoms with Crippen molar-refractivity contribution in [3.05, 3.63) is 23.4 Å². The van der Waals surface area contributed by atoms with E-state index in [4.69, 9.17) is 10.5 Å². The normalized spacial score (nSPS) is 10.2. The molecule has 0 bridgehead atoms. The van der Waals surface area contributed by atoms with Gasteiger partial charge in [0.05, 0.1) is 17.5 Å². The van der Waals surface area contributed by atoms with Crippen LogP contribution in [0.1, 0.15) is 11.3 Å². The van der Waals surface area contributed by atoms with E-state index >= 15 is 0 Å². The lowest BCUT2D eigenvalue weighted by atomic mass is 10.3. The van der Waals surface area contributed by atoms with Gasteiger partial charge in [0, 0.05) is 0 Å². The van der Waals surface area contributed by atoms with Crippen molar-refractivity contribution in [2.24, 2.45) is 5.16 Å². The molecule has 0 spiro atoms. The number of rotatable bonds is 2. The first-order chi connectivity index (χ1) is 6.31. The molecule has 0 saturated carbocycles. The molecule has 0 aliphatic carbocycles. The maximum atomic E-state index is 8.68. The Balaban J connectivity index is 3.14. The Morgan fingerprint density at radius 1 is 1.69 bits per heavy atom. The molecule has 1 aromatic rings. The van der Waals surface area contributed by atoms with Crippen molar-refractivity contribution >= 4 is 18.0 Å². The van der Waals surface area contributed by atoms with Crippen molar-refractivity contribution in [2.75, 3.05) is 6.26 Å². The summed E-state index contributed by atoms with van der Waals surface area (Å²) in [5, 5.41) is 20.4. The first-order valence-electron chi connectivity index (χ1n) is 3.44. The summed E-state index contributed by atoms with van der Waals surface area (Å²) in [7, 11) is 0. The second kappa shape index (κ2) is 4.48. The predicted molar refractivity (Wildman–Crippen MR) is 50.1 cm³/mol. The second-order valence-corrected chi connectivity index (χ2v) is 2.94. The fraction of sp³-hybridized carbons (Fsp3) is 0.125. The van der Waals surface area contributed by atoms with Gasteiger partial charge in [-0.3, -0.25) is 0 Å². The summed E-state index contributed by atoms with van der Waals surface area (Å²) < 4.78 is 0. The van der Waals surface area contributed by atoms with Gasteiger partial charge in [-0.25, -0.2) is 4.98 Å². The SMILES string of the molecule is CSc1nc(/C=N\O)ccc1C#N. The summed E-state index contributed by atoms with van der Waals surface area (Å²) in [6.07, 6.45) is 3.06. The van der Waals surface area contributed by atoms with E-state index in [0.717, 1.165) is 0 Å². The highest BCUT2D eigenvalue weighted by atomic mass is 32.2. The molecule has 0 aliphatic rings. The molecule has 0 aromatic carbocycles. The number of thioether (sulfide) groups is 1. The number of hydrogen-bond acceptors (Lipinski definition) is 5. The molecule has 1 N–H and O–H groups in total. The molecule has 0 amide bonds. The van der Waals surface area contributed by atoms with Gasteiger partial charge in [-0.1, -0.05) is 5.16 Å². The summed E-state index contributed by atoms with van der Waals surface area (Å²) >= 11 is 1.38. The zero-order valence-corrected chi connectivity index (χ0v) is 7.75. The quantitative estimate of drug-likeness (QED) is 0.334. The molecular weight excluding hydrogens is 186 g/mol. The van der Waals surface area contributed by atoms with Crippen LogP contribution in [0.3, 0.4) is 0 Å². The summed E-state index contributed by atoms with van der Waals surface area (Å²) in [5.74, 6) is 0. The van der Waals surface area contributed by atoms with Crippen LogP contribution in [0.5, 0.6) is 0 Å². The highest BCUT2D eigenvalue weighted by Crippen LogP contribution is 2.16. The fourth-order valence-electron chi connectivity index (χ4n) is 0.826. The van der Waals surface area contributed by atoms with E-state index in [-0.39, 0.29) is 0 Å². The average Bonchev–Trinajstić information content (AvgIpc) is 2.18. The van der Waals surface area contributed by atoms with Crippen LogP contribution >= 0.6 is 11.8 Å². The van der Waals surface area contributed by atoms with E-state index in [2.05, 4.69) is 10.1 Å². The van der Waals surface area contributed by atoms with Crippen molar-refractivity contribution in [2.45, 2.75) is 5.03 Å². The van der Waals surface area contributed by atoms with Crippen molar-refractivity contribution < 1.29 is 5.21 Å². The van der Waals surface area contributed by atoms with Crippen LogP contribution in [0.4, 0.5) is 0 Å². The van der Waals surface area contributed by atoms with Crippen molar-refractivity contribution in [1.82, 2.24) is 4.98 Å². The van der Waals surface area contributed by atoms with Gasteiger partial charge in [-0.05, 0) is 18.4 Å². The summed E-state index contributed by atoms with van der Waals surface area (Å²) in [5.41, 5.74) is 1.06. The first-order valence-corrected chi connectivity index (χ1v) is 4.67. The molecule has 0 saturated heterocycles. The lowest BCUT2D eigenvalue weighted by Gasteiger charge is -1.98. The van der Waals surface area contributed by atoms with Gasteiger partial charge < -0.3 is 5.21 Å². The molecule has 0 atom stereocenters. The van der Waals surface area contributed by atoms with Crippen molar-refractivity contribution in [3.8, 4) is 6.07 Å². The highest BCUT2D eigenvalue weighted by Gasteiger charge is 2.02. The molecule has 1 rings (SSSR count). The molecule has 0 aliphatic heterocycles. The third-order valence-electron chi connectivity index (χ3n) is 1.39. The van der Waals surface area contributed by atoms with Crippen LogP contribution in [-0.4, -0.2) is 22.7 Å². The number of oxime groups is 1. The Labute approximate surface area is 79.9 Å². The van der Waals surface area contributed by atoms with E-state index in [1.54, 1.807) is 12.1 Å². The van der Waals surface area contributed by atoms with Crippen LogP contribution in [-0.2, 0) is 0 Å². The maximum Gasteiger partial charge on any atom is 0.114 e. The van der Waals surface area contributed by atoms with Crippen LogP contribution in [0.25, 0.3) is 0 Å². The smallest absolute Gasteiger partial charge is 0.114 e. The zero-order chi connectivity index (χ0) is 9.68. The van der Waals surface area contributed by atoms with E-state index in [0.29, 0.717) is 16.3 Å². The molecule has 0 unspecified atom stereocenters. The molecule has 0 fully saturated rings. The van der Waals surface area contributed by atoms with Gasteiger partial charge >= 0.3 is 0 Å². The largest absolute Gasteiger partial charge is 0.411 e. The molecule has 1 aromatic heterocycles. The number of hydrogen-bond donors (Lipinski definition) is 1. The number of nitrogens with zero attached hydrogens (tertiary/aromatic N) is 3. The minimum atomic E-state index is 0.530. The third kappa shape index (κ3) is 2.20. The highest BCUT2D eigenvalue weighted by molar-refractivity contribution is 7.98. The molecule has 66 valence electrons. The Bertz CT molecular complexity index is 370. The van der Waals surface area contributed by atoms with E-state index in [9.17, 15) is 0 Å². The predicted octanol–water partition coefficient (Wildman–Crippen LogP) is 1.48. The maximum absolute atomic E-state index is 8.68. The molecule has 4 nitrogen and oxygen atoms in total. The molecule has 13 heavy (non-hydrogen) atoms. The minimum absolute atomic E-state index is 0.530. The van der Waals surface area contributed by atoms with Gasteiger partial charge in [0.2, 0.25) is 0 Å². The minimum Gasteiger partial charge on any atom is -0.411 e. The van der Waals surface area contributed by atoms with Gasteiger partial charge in [0.25, 0.3) is 0 Å². The Hall–Kier alpha value is -1.54. The van der Waals surface area contributed by atoms with Gasteiger partial charge in [0.15, 0.2) is 0 Å². The number of nitriles is 1. The Kier molecular flexibility index (Phi) is 3.29. The standard InChI is InChI=1S/C8H7N3OS/c1-13-8-6(4-9)2-3-7(11-8)5-10-12/h2-3,5,12H,1H3/b10-5-. The topological polar surface area (TPSA) is 69.3 Å². The van der Waals surface area contributed by atoms with Crippen LogP contribution in [0.15, 0.2) is 22.3 Å². The molecular formula is C8H7N3OS. The Morgan fingerprint density at radius 2 is 2.46 bits per heavy atom. The number of pyridine rings is 1. The number of aromatic nitrogens is 1. The Morgan fingerprint density at radius 3 is 3.00 bits per heavy atom. The van der Waals surface area contributed by atoms with Crippen LogP contribution in [0.2, 0.25) is 0 Å². The fourth-order valence-corrected chi connectivity index (χ4v) is 1.36. The molecule has 1 heterocycles. The molecule has 0 radical (unpaired) electrons. The van der Waals surface area contributed by atoms with Gasteiger partial charge in [-0.15, -0.1) is 11.8 Å². The third-order valence-corrected chi connectivity index (χ3v) is 2.08. The monoisotopic (exact) mass is 193 g/mol. The van der Waals surface area contributed by atoms with E-state index < -0.39 is 0 Å². The van der Waals surface area contributed by atoms with Crippen LogP contribution < -0.4 is 0 Å². The average molecular weight is 193 g/mol. The molecule has 5 heteroatoms. The lowest BCUT2D eigenvalue weighted by molar-refractivity contribution is 0.321. The summed E-state index contributed by atoms with van der Waals surface area (Å²) in [6.45, 7) is 0. The van der Waals surface area contributed by atoms with E-state index in [1.807, 2.05) is 12.3 Å². The van der Waals surface area contributed by atoms with Gasteiger partial charge in [-0.2, -0.15) is 5.26 Å². The second-order valence-electron chi connectivity index (χ2n) is 2.15. The lowest BCUT2D eigenvalue weighted by Crippen LogP contribution is -1.92. The summed E-state index contributed by atoms with van der Waals surface area (Å²) in [4.78, 5) is 4.08. The zero-order valence-electron chi connectivity index (χ0n) is 6.93. The van der Waals surface area contributed by atoms with Crippen LogP contribution in [0, 0.1) is 11.3 Å². The van der Waals surface area contributed by atoms with E-state index in [1.165, 1.54) is 18.0 Å². The first kappa shape index (κ1) is 9.55.